The van der Waals surface area contributed by atoms with Crippen LogP contribution in [0.3, 0.4) is 0 Å². The van der Waals surface area contributed by atoms with Gasteiger partial charge >= 0.3 is 6.36 Å². The minimum atomic E-state index is -4.71. The van der Waals surface area contributed by atoms with Crippen molar-refractivity contribution < 1.29 is 17.9 Å². The second-order valence-electron chi connectivity index (χ2n) is 5.61. The first-order valence-electron chi connectivity index (χ1n) is 7.83. The van der Waals surface area contributed by atoms with Gasteiger partial charge in [0.05, 0.1) is 6.54 Å². The van der Waals surface area contributed by atoms with Gasteiger partial charge in [-0.1, -0.05) is 40.2 Å². The van der Waals surface area contributed by atoms with Crippen molar-refractivity contribution in [2.45, 2.75) is 19.2 Å². The Hall–Kier alpha value is -2.02. The number of nitrogens with zero attached hydrogens (tertiary/aromatic N) is 1. The summed E-state index contributed by atoms with van der Waals surface area (Å²) in [6, 6.07) is 12.3. The van der Waals surface area contributed by atoms with Crippen LogP contribution in [0.2, 0.25) is 0 Å². The lowest BCUT2D eigenvalue weighted by atomic mass is 9.98. The zero-order valence-electron chi connectivity index (χ0n) is 13.2. The van der Waals surface area contributed by atoms with Gasteiger partial charge in [0.25, 0.3) is 0 Å². The number of amidine groups is 1. The fourth-order valence-electron chi connectivity index (χ4n) is 2.78. The van der Waals surface area contributed by atoms with Crippen molar-refractivity contribution in [2.24, 2.45) is 4.99 Å². The van der Waals surface area contributed by atoms with Crippen LogP contribution in [0.5, 0.6) is 5.75 Å². The van der Waals surface area contributed by atoms with Gasteiger partial charge in [0.1, 0.15) is 11.6 Å². The molecule has 1 N–H and O–H groups in total. The molecule has 7 heteroatoms. The molecule has 132 valence electrons. The van der Waals surface area contributed by atoms with Crippen LogP contribution in [-0.4, -0.2) is 25.3 Å². The Balaban J connectivity index is 1.81. The van der Waals surface area contributed by atoms with Crippen LogP contribution in [0.15, 0.2) is 51.9 Å². The van der Waals surface area contributed by atoms with E-state index in [2.05, 4.69) is 31.0 Å². The van der Waals surface area contributed by atoms with E-state index in [9.17, 15) is 13.2 Å². The number of rotatable bonds is 5. The summed E-state index contributed by atoms with van der Waals surface area (Å²) in [5.74, 6) is 0.682. The molecule has 2 aromatic rings. The molecule has 0 atom stereocenters. The van der Waals surface area contributed by atoms with E-state index in [1.807, 2.05) is 24.3 Å². The molecule has 3 nitrogen and oxygen atoms in total. The lowest BCUT2D eigenvalue weighted by molar-refractivity contribution is -0.274. The first-order valence-corrected chi connectivity index (χ1v) is 8.62. The Morgan fingerprint density at radius 3 is 2.56 bits per heavy atom. The first-order chi connectivity index (χ1) is 11.9. The Bertz CT molecular complexity index is 790. The number of aliphatic imine (C=N–C) groups is 1. The van der Waals surface area contributed by atoms with Crippen LogP contribution in [0.25, 0.3) is 0 Å². The summed E-state index contributed by atoms with van der Waals surface area (Å²) >= 11 is 3.30. The van der Waals surface area contributed by atoms with E-state index in [1.54, 1.807) is 6.07 Å². The van der Waals surface area contributed by atoms with E-state index in [1.165, 1.54) is 12.1 Å². The second-order valence-corrected chi connectivity index (χ2v) is 6.53. The molecule has 0 bridgehead atoms. The van der Waals surface area contributed by atoms with E-state index in [0.717, 1.165) is 30.1 Å². The number of aryl methyl sites for hydroxylation is 2. The third-order valence-electron chi connectivity index (χ3n) is 3.86. The van der Waals surface area contributed by atoms with Crippen LogP contribution in [0.1, 0.15) is 16.7 Å². The lowest BCUT2D eigenvalue weighted by Gasteiger charge is -2.15. The predicted octanol–water partition coefficient (Wildman–Crippen LogP) is 4.48. The molecular weight excluding hydrogens is 397 g/mol. The van der Waals surface area contributed by atoms with Gasteiger partial charge in [-0.25, -0.2) is 0 Å². The molecule has 0 aliphatic carbocycles. The van der Waals surface area contributed by atoms with E-state index in [4.69, 9.17) is 0 Å². The normalized spacial score (nSPS) is 14.2. The van der Waals surface area contributed by atoms with Gasteiger partial charge in [0.15, 0.2) is 0 Å². The average molecular weight is 413 g/mol. The SMILES string of the molecule is FC(F)(F)Oc1ccc(Br)cc1CCc1ccccc1C1=NCCN1. The zero-order chi connectivity index (χ0) is 17.9. The monoisotopic (exact) mass is 412 g/mol. The molecule has 1 aliphatic rings. The molecule has 3 rings (SSSR count). The summed E-state index contributed by atoms with van der Waals surface area (Å²) in [6.45, 7) is 1.54. The molecule has 0 aromatic heterocycles. The van der Waals surface area contributed by atoms with Crippen molar-refractivity contribution in [1.29, 1.82) is 0 Å². The van der Waals surface area contributed by atoms with Crippen LogP contribution in [-0.2, 0) is 12.8 Å². The molecule has 0 amide bonds. The quantitative estimate of drug-likeness (QED) is 0.784. The molecule has 0 saturated carbocycles. The number of ether oxygens (including phenoxy) is 1. The third-order valence-corrected chi connectivity index (χ3v) is 4.35. The summed E-state index contributed by atoms with van der Waals surface area (Å²) in [5, 5.41) is 3.23. The summed E-state index contributed by atoms with van der Waals surface area (Å²) in [7, 11) is 0. The summed E-state index contributed by atoms with van der Waals surface area (Å²) in [4.78, 5) is 4.43. The average Bonchev–Trinajstić information content (AvgIpc) is 3.08. The van der Waals surface area contributed by atoms with Gasteiger partial charge in [-0.3, -0.25) is 4.99 Å². The maximum atomic E-state index is 12.6. The Kier molecular flexibility index (Phi) is 5.32. The van der Waals surface area contributed by atoms with E-state index in [-0.39, 0.29) is 5.75 Å². The van der Waals surface area contributed by atoms with E-state index in [0.29, 0.717) is 22.9 Å². The Morgan fingerprint density at radius 2 is 1.84 bits per heavy atom. The maximum absolute atomic E-state index is 12.6. The van der Waals surface area contributed by atoms with E-state index >= 15 is 0 Å². The minimum absolute atomic E-state index is 0.162. The predicted molar refractivity (Wildman–Crippen MR) is 94.1 cm³/mol. The Labute approximate surface area is 152 Å². The molecule has 1 heterocycles. The van der Waals surface area contributed by atoms with Crippen molar-refractivity contribution in [3.63, 3.8) is 0 Å². The summed E-state index contributed by atoms with van der Waals surface area (Å²) < 4.78 is 42.7. The lowest BCUT2D eigenvalue weighted by Crippen LogP contribution is -2.21. The number of halogens is 4. The highest BCUT2D eigenvalue weighted by Crippen LogP contribution is 2.30. The number of nitrogens with one attached hydrogen (secondary N) is 1. The summed E-state index contributed by atoms with van der Waals surface area (Å²) in [6.07, 6.45) is -3.69. The summed E-state index contributed by atoms with van der Waals surface area (Å²) in [5.41, 5.74) is 2.53. The smallest absolute Gasteiger partial charge is 0.406 e. The number of benzene rings is 2. The minimum Gasteiger partial charge on any atom is -0.406 e. The van der Waals surface area contributed by atoms with Crippen molar-refractivity contribution in [1.82, 2.24) is 5.32 Å². The fourth-order valence-corrected chi connectivity index (χ4v) is 3.19. The second kappa shape index (κ2) is 7.47. The van der Waals surface area contributed by atoms with Crippen LogP contribution >= 0.6 is 15.9 Å². The topological polar surface area (TPSA) is 33.6 Å². The van der Waals surface area contributed by atoms with Crippen molar-refractivity contribution >= 4 is 21.8 Å². The molecule has 0 fully saturated rings. The molecule has 25 heavy (non-hydrogen) atoms. The van der Waals surface area contributed by atoms with E-state index < -0.39 is 6.36 Å². The molecular formula is C18H16BrF3N2O. The van der Waals surface area contributed by atoms with Gasteiger partial charge in [-0.15, -0.1) is 13.2 Å². The third kappa shape index (κ3) is 4.75. The largest absolute Gasteiger partial charge is 0.573 e. The molecule has 1 aliphatic heterocycles. The highest BCUT2D eigenvalue weighted by molar-refractivity contribution is 9.10. The van der Waals surface area contributed by atoms with Crippen molar-refractivity contribution in [3.05, 3.63) is 63.6 Å². The molecule has 0 radical (unpaired) electrons. The van der Waals surface area contributed by atoms with Gasteiger partial charge in [0.2, 0.25) is 0 Å². The molecule has 0 spiro atoms. The number of alkyl halides is 3. The maximum Gasteiger partial charge on any atom is 0.573 e. The highest BCUT2D eigenvalue weighted by atomic mass is 79.9. The first kappa shape index (κ1) is 17.8. The standard InChI is InChI=1S/C18H16BrF3N2O/c19-14-7-8-16(25-18(20,21)22)13(11-14)6-5-12-3-1-2-4-15(12)17-23-9-10-24-17/h1-4,7-8,11H,5-6,9-10H2,(H,23,24). The van der Waals surface area contributed by atoms with Crippen LogP contribution in [0.4, 0.5) is 13.2 Å². The molecule has 0 saturated heterocycles. The molecule has 2 aromatic carbocycles. The van der Waals surface area contributed by atoms with Gasteiger partial charge < -0.3 is 10.1 Å². The van der Waals surface area contributed by atoms with Crippen LogP contribution < -0.4 is 10.1 Å². The fraction of sp³-hybridized carbons (Fsp3) is 0.278. The molecule has 0 unspecified atom stereocenters. The number of hydrogen-bond donors (Lipinski definition) is 1. The van der Waals surface area contributed by atoms with Gasteiger partial charge in [-0.05, 0) is 42.2 Å². The van der Waals surface area contributed by atoms with Gasteiger partial charge in [0, 0.05) is 16.6 Å². The number of hydrogen-bond acceptors (Lipinski definition) is 3. The van der Waals surface area contributed by atoms with Crippen molar-refractivity contribution in [3.8, 4) is 5.75 Å². The zero-order valence-corrected chi connectivity index (χ0v) is 14.8. The highest BCUT2D eigenvalue weighted by Gasteiger charge is 2.32. The Morgan fingerprint density at radius 1 is 1.08 bits per heavy atom. The van der Waals surface area contributed by atoms with Crippen LogP contribution in [0, 0.1) is 0 Å². The van der Waals surface area contributed by atoms with Gasteiger partial charge in [-0.2, -0.15) is 0 Å². The van der Waals surface area contributed by atoms with Crippen molar-refractivity contribution in [2.75, 3.05) is 13.1 Å².